The molecule has 162 valence electrons. The Morgan fingerprint density at radius 2 is 1.79 bits per heavy atom. The van der Waals surface area contributed by atoms with Gasteiger partial charge in [-0.05, 0) is 51.0 Å². The minimum atomic E-state index is -4.31. The first-order chi connectivity index (χ1) is 12.9. The van der Waals surface area contributed by atoms with Gasteiger partial charge in [-0.2, -0.15) is 13.2 Å². The van der Waals surface area contributed by atoms with E-state index < -0.39 is 18.0 Å². The van der Waals surface area contributed by atoms with Crippen LogP contribution in [0.1, 0.15) is 51.4 Å². The number of nitrogens with zero attached hydrogens (tertiary/aromatic N) is 1. The van der Waals surface area contributed by atoms with Crippen LogP contribution >= 0.6 is 12.4 Å². The molecule has 4 unspecified atom stereocenters. The summed E-state index contributed by atoms with van der Waals surface area (Å²) < 4.78 is 40.0. The molecule has 9 heteroatoms. The van der Waals surface area contributed by atoms with Crippen LogP contribution in [0.5, 0.6) is 0 Å². The van der Waals surface area contributed by atoms with E-state index >= 15 is 0 Å². The molecule has 1 saturated carbocycles. The van der Waals surface area contributed by atoms with Crippen LogP contribution in [-0.4, -0.2) is 55.1 Å². The predicted molar refractivity (Wildman–Crippen MR) is 102 cm³/mol. The summed E-state index contributed by atoms with van der Waals surface area (Å²) in [5, 5.41) is 6.10. The fourth-order valence-electron chi connectivity index (χ4n) is 4.76. The molecule has 0 bridgehead atoms. The van der Waals surface area contributed by atoms with Gasteiger partial charge in [0.2, 0.25) is 11.8 Å². The summed E-state index contributed by atoms with van der Waals surface area (Å²) >= 11 is 0. The van der Waals surface area contributed by atoms with Gasteiger partial charge in [0.25, 0.3) is 0 Å². The van der Waals surface area contributed by atoms with Gasteiger partial charge in [-0.1, -0.05) is 12.8 Å². The Labute approximate surface area is 170 Å². The summed E-state index contributed by atoms with van der Waals surface area (Å²) in [5.74, 6) is -2.69. The minimum absolute atomic E-state index is 0. The van der Waals surface area contributed by atoms with E-state index in [2.05, 4.69) is 10.6 Å². The highest BCUT2D eigenvalue weighted by atomic mass is 35.5. The maximum absolute atomic E-state index is 13.3. The number of rotatable bonds is 4. The van der Waals surface area contributed by atoms with E-state index in [1.165, 1.54) is 0 Å². The third-order valence-corrected chi connectivity index (χ3v) is 6.28. The molecule has 2 saturated heterocycles. The molecule has 5 nitrogen and oxygen atoms in total. The van der Waals surface area contributed by atoms with Crippen molar-refractivity contribution in [3.05, 3.63) is 0 Å². The van der Waals surface area contributed by atoms with Crippen LogP contribution in [-0.2, 0) is 9.59 Å². The summed E-state index contributed by atoms with van der Waals surface area (Å²) in [5.41, 5.74) is 0. The summed E-state index contributed by atoms with van der Waals surface area (Å²) in [7, 11) is 0. The number of nitrogens with one attached hydrogen (secondary N) is 2. The second-order valence-corrected chi connectivity index (χ2v) is 8.23. The molecule has 0 aromatic carbocycles. The van der Waals surface area contributed by atoms with Crippen molar-refractivity contribution >= 4 is 24.2 Å². The van der Waals surface area contributed by atoms with Crippen molar-refractivity contribution in [2.75, 3.05) is 26.2 Å². The SMILES string of the molecule is Cl.O=C(NCC1CCCN(C(=O)C2CCCCC2C(F)(F)F)C1)C1CCCN1. The maximum atomic E-state index is 13.3. The van der Waals surface area contributed by atoms with Gasteiger partial charge in [0.05, 0.1) is 12.0 Å². The zero-order valence-electron chi connectivity index (χ0n) is 16.1. The smallest absolute Gasteiger partial charge is 0.354 e. The molecule has 28 heavy (non-hydrogen) atoms. The number of piperidine rings is 1. The fourth-order valence-corrected chi connectivity index (χ4v) is 4.76. The third kappa shape index (κ3) is 5.75. The zero-order chi connectivity index (χ0) is 19.4. The molecule has 0 aromatic heterocycles. The average Bonchev–Trinajstić information content (AvgIpc) is 3.20. The topological polar surface area (TPSA) is 61.4 Å². The van der Waals surface area contributed by atoms with Gasteiger partial charge in [0.1, 0.15) is 0 Å². The van der Waals surface area contributed by atoms with Gasteiger partial charge in [0, 0.05) is 25.6 Å². The van der Waals surface area contributed by atoms with E-state index in [4.69, 9.17) is 0 Å². The van der Waals surface area contributed by atoms with Crippen LogP contribution in [0.3, 0.4) is 0 Å². The Bertz CT molecular complexity index is 541. The van der Waals surface area contributed by atoms with E-state index in [1.807, 2.05) is 0 Å². The second-order valence-electron chi connectivity index (χ2n) is 8.23. The maximum Gasteiger partial charge on any atom is 0.392 e. The lowest BCUT2D eigenvalue weighted by molar-refractivity contribution is -0.201. The second kappa shape index (κ2) is 10.1. The largest absolute Gasteiger partial charge is 0.392 e. The number of carbonyl (C=O) groups excluding carboxylic acids is 2. The van der Waals surface area contributed by atoms with Crippen molar-refractivity contribution < 1.29 is 22.8 Å². The van der Waals surface area contributed by atoms with Crippen molar-refractivity contribution in [3.8, 4) is 0 Å². The summed E-state index contributed by atoms with van der Waals surface area (Å²) in [6.45, 7) is 2.30. The van der Waals surface area contributed by atoms with Crippen molar-refractivity contribution in [2.24, 2.45) is 17.8 Å². The molecule has 2 N–H and O–H groups in total. The van der Waals surface area contributed by atoms with Crippen molar-refractivity contribution in [2.45, 2.75) is 63.6 Å². The molecule has 3 fully saturated rings. The molecule has 1 aliphatic carbocycles. The van der Waals surface area contributed by atoms with Crippen molar-refractivity contribution in [3.63, 3.8) is 0 Å². The molecule has 2 aliphatic heterocycles. The fraction of sp³-hybridized carbons (Fsp3) is 0.895. The Morgan fingerprint density at radius 1 is 1.04 bits per heavy atom. The van der Waals surface area contributed by atoms with Gasteiger partial charge in [-0.15, -0.1) is 12.4 Å². The van der Waals surface area contributed by atoms with Crippen LogP contribution in [0.25, 0.3) is 0 Å². The number of likely N-dealkylation sites (tertiary alicyclic amines) is 1. The van der Waals surface area contributed by atoms with E-state index in [0.29, 0.717) is 38.9 Å². The molecular formula is C19H31ClF3N3O2. The summed E-state index contributed by atoms with van der Waals surface area (Å²) in [4.78, 5) is 26.6. The molecule has 3 aliphatic rings. The normalized spacial score (nSPS) is 31.2. The van der Waals surface area contributed by atoms with Gasteiger partial charge in [0.15, 0.2) is 0 Å². The Balaban J connectivity index is 0.00000280. The lowest BCUT2D eigenvalue weighted by Crippen LogP contribution is -2.50. The highest BCUT2D eigenvalue weighted by Crippen LogP contribution is 2.42. The Hall–Kier alpha value is -1.02. The monoisotopic (exact) mass is 425 g/mol. The Morgan fingerprint density at radius 3 is 2.46 bits per heavy atom. The zero-order valence-corrected chi connectivity index (χ0v) is 16.9. The lowest BCUT2D eigenvalue weighted by Gasteiger charge is -2.39. The van der Waals surface area contributed by atoms with Gasteiger partial charge in [-0.3, -0.25) is 9.59 Å². The van der Waals surface area contributed by atoms with Crippen LogP contribution in [0.2, 0.25) is 0 Å². The number of hydrogen-bond acceptors (Lipinski definition) is 3. The first-order valence-electron chi connectivity index (χ1n) is 10.2. The summed E-state index contributed by atoms with van der Waals surface area (Å²) in [6, 6.07) is -0.138. The molecule has 0 radical (unpaired) electrons. The number of carbonyl (C=O) groups is 2. The number of hydrogen-bond donors (Lipinski definition) is 2. The Kier molecular flexibility index (Phi) is 8.43. The van der Waals surface area contributed by atoms with Crippen LogP contribution < -0.4 is 10.6 Å². The van der Waals surface area contributed by atoms with Crippen molar-refractivity contribution in [1.29, 1.82) is 0 Å². The molecule has 0 spiro atoms. The molecule has 3 rings (SSSR count). The van der Waals surface area contributed by atoms with E-state index in [0.717, 1.165) is 32.2 Å². The van der Waals surface area contributed by atoms with Gasteiger partial charge < -0.3 is 15.5 Å². The quantitative estimate of drug-likeness (QED) is 0.728. The van der Waals surface area contributed by atoms with Crippen molar-refractivity contribution in [1.82, 2.24) is 15.5 Å². The van der Waals surface area contributed by atoms with E-state index in [-0.39, 0.29) is 42.6 Å². The first-order valence-corrected chi connectivity index (χ1v) is 10.2. The van der Waals surface area contributed by atoms with E-state index in [9.17, 15) is 22.8 Å². The first kappa shape index (κ1) is 23.3. The van der Waals surface area contributed by atoms with Crippen LogP contribution in [0, 0.1) is 17.8 Å². The summed E-state index contributed by atoms with van der Waals surface area (Å²) in [6.07, 6.45) is 0.788. The number of halogens is 4. The predicted octanol–water partition coefficient (Wildman–Crippen LogP) is 2.88. The minimum Gasteiger partial charge on any atom is -0.354 e. The molecule has 0 aromatic rings. The molecule has 4 atom stereocenters. The van der Waals surface area contributed by atoms with Crippen LogP contribution in [0.15, 0.2) is 0 Å². The number of amides is 2. The van der Waals surface area contributed by atoms with Gasteiger partial charge >= 0.3 is 6.18 Å². The van der Waals surface area contributed by atoms with E-state index in [1.54, 1.807) is 4.90 Å². The highest BCUT2D eigenvalue weighted by molar-refractivity contribution is 5.85. The standard InChI is InChI=1S/C19H30F3N3O2.ClH/c20-19(21,22)15-7-2-1-6-14(15)18(27)25-10-4-5-13(12-25)11-24-17(26)16-8-3-9-23-16;/h13-16,23H,1-12H2,(H,24,26);1H. The highest BCUT2D eigenvalue weighted by Gasteiger charge is 2.49. The number of alkyl halides is 3. The molecule has 2 amide bonds. The van der Waals surface area contributed by atoms with Crippen LogP contribution in [0.4, 0.5) is 13.2 Å². The third-order valence-electron chi connectivity index (χ3n) is 6.28. The average molecular weight is 426 g/mol. The molecule has 2 heterocycles. The lowest BCUT2D eigenvalue weighted by atomic mass is 9.77. The molecular weight excluding hydrogens is 395 g/mol. The van der Waals surface area contributed by atoms with Gasteiger partial charge in [-0.25, -0.2) is 0 Å².